The summed E-state index contributed by atoms with van der Waals surface area (Å²) in [5, 5.41) is 3.31. The topological polar surface area (TPSA) is 12.0 Å². The van der Waals surface area contributed by atoms with Crippen molar-refractivity contribution in [3.8, 4) is 0 Å². The first-order valence-electron chi connectivity index (χ1n) is 5.45. The molecular weight excluding hydrogens is 170 g/mol. The third-order valence-electron chi connectivity index (χ3n) is 3.34. The summed E-state index contributed by atoms with van der Waals surface area (Å²) in [6.45, 7) is 3.51. The predicted octanol–water partition coefficient (Wildman–Crippen LogP) is 2.40. The molecule has 2 rings (SSSR count). The van der Waals surface area contributed by atoms with E-state index in [1.54, 1.807) is 11.1 Å². The Balaban J connectivity index is 2.20. The molecule has 0 saturated carbocycles. The molecule has 1 N–H and O–H groups in total. The zero-order chi connectivity index (χ0) is 10.0. The molecule has 0 fully saturated rings. The molecule has 0 radical (unpaired) electrons. The van der Waals surface area contributed by atoms with Crippen LogP contribution in [0.4, 0.5) is 0 Å². The molecule has 0 heterocycles. The summed E-state index contributed by atoms with van der Waals surface area (Å²) in [7, 11) is 2.05. The Labute approximate surface area is 86.5 Å². The van der Waals surface area contributed by atoms with Gasteiger partial charge >= 0.3 is 0 Å². The van der Waals surface area contributed by atoms with Crippen LogP contribution >= 0.6 is 0 Å². The van der Waals surface area contributed by atoms with E-state index in [0.717, 1.165) is 6.54 Å². The Bertz CT molecular complexity index is 319. The maximum absolute atomic E-state index is 3.31. The Morgan fingerprint density at radius 1 is 1.29 bits per heavy atom. The average Bonchev–Trinajstić information content (AvgIpc) is 2.17. The molecule has 0 saturated heterocycles. The summed E-state index contributed by atoms with van der Waals surface area (Å²) in [5.41, 5.74) is 3.57. The first-order valence-corrected chi connectivity index (χ1v) is 5.45. The van der Waals surface area contributed by atoms with Gasteiger partial charge in [0.15, 0.2) is 0 Å². The lowest BCUT2D eigenvalue weighted by Crippen LogP contribution is -2.35. The van der Waals surface area contributed by atoms with Gasteiger partial charge in [-0.25, -0.2) is 0 Å². The highest BCUT2D eigenvalue weighted by atomic mass is 14.8. The molecule has 1 nitrogen and oxygen atoms in total. The van der Waals surface area contributed by atoms with Crippen molar-refractivity contribution in [1.82, 2.24) is 5.32 Å². The molecule has 1 aliphatic rings. The van der Waals surface area contributed by atoms with E-state index < -0.39 is 0 Å². The van der Waals surface area contributed by atoms with Gasteiger partial charge in [-0.1, -0.05) is 31.2 Å². The molecule has 1 atom stereocenters. The third kappa shape index (κ3) is 1.83. The number of hydrogen-bond acceptors (Lipinski definition) is 1. The fourth-order valence-electron chi connectivity index (χ4n) is 2.54. The fraction of sp³-hybridized carbons (Fsp3) is 0.538. The van der Waals surface area contributed by atoms with Crippen LogP contribution in [0.1, 0.15) is 24.5 Å². The SMILES string of the molecule is CNCC1(C)CCc2ccccc2C1. The molecule has 0 amide bonds. The lowest BCUT2D eigenvalue weighted by molar-refractivity contribution is 0.271. The maximum atomic E-state index is 3.31. The highest BCUT2D eigenvalue weighted by Gasteiger charge is 2.28. The third-order valence-corrected chi connectivity index (χ3v) is 3.34. The fourth-order valence-corrected chi connectivity index (χ4v) is 2.54. The lowest BCUT2D eigenvalue weighted by atomic mass is 9.73. The van der Waals surface area contributed by atoms with Crippen LogP contribution in [0.25, 0.3) is 0 Å². The molecule has 1 aromatic carbocycles. The van der Waals surface area contributed by atoms with Gasteiger partial charge in [0, 0.05) is 6.54 Å². The molecule has 14 heavy (non-hydrogen) atoms. The molecular formula is C13H19N. The summed E-state index contributed by atoms with van der Waals surface area (Å²) in [6.07, 6.45) is 3.78. The largest absolute Gasteiger partial charge is 0.319 e. The Morgan fingerprint density at radius 2 is 2.00 bits per heavy atom. The van der Waals surface area contributed by atoms with Crippen LogP contribution < -0.4 is 5.32 Å². The Hall–Kier alpha value is -0.820. The van der Waals surface area contributed by atoms with Crippen LogP contribution in [-0.4, -0.2) is 13.6 Å². The minimum absolute atomic E-state index is 0.461. The Morgan fingerprint density at radius 3 is 2.71 bits per heavy atom. The number of benzene rings is 1. The van der Waals surface area contributed by atoms with E-state index in [9.17, 15) is 0 Å². The van der Waals surface area contributed by atoms with E-state index in [1.807, 2.05) is 7.05 Å². The maximum Gasteiger partial charge on any atom is 0.000546 e. The van der Waals surface area contributed by atoms with Gasteiger partial charge in [-0.05, 0) is 42.9 Å². The van der Waals surface area contributed by atoms with E-state index >= 15 is 0 Å². The minimum Gasteiger partial charge on any atom is -0.319 e. The molecule has 1 heteroatoms. The molecule has 0 spiro atoms. The van der Waals surface area contributed by atoms with E-state index in [2.05, 4.69) is 36.5 Å². The van der Waals surface area contributed by atoms with Crippen LogP contribution in [0, 0.1) is 5.41 Å². The molecule has 1 unspecified atom stereocenters. The predicted molar refractivity (Wildman–Crippen MR) is 60.5 cm³/mol. The van der Waals surface area contributed by atoms with Crippen molar-refractivity contribution in [2.75, 3.05) is 13.6 Å². The summed E-state index contributed by atoms with van der Waals surface area (Å²) in [5.74, 6) is 0. The van der Waals surface area contributed by atoms with Gasteiger partial charge in [0.25, 0.3) is 0 Å². The van der Waals surface area contributed by atoms with Crippen LogP contribution in [-0.2, 0) is 12.8 Å². The van der Waals surface area contributed by atoms with Crippen LogP contribution in [0.15, 0.2) is 24.3 Å². The van der Waals surface area contributed by atoms with E-state index in [4.69, 9.17) is 0 Å². The first-order chi connectivity index (χ1) is 6.73. The van der Waals surface area contributed by atoms with Gasteiger partial charge in [0.1, 0.15) is 0 Å². The van der Waals surface area contributed by atoms with Crippen molar-refractivity contribution in [3.63, 3.8) is 0 Å². The van der Waals surface area contributed by atoms with Crippen molar-refractivity contribution in [2.24, 2.45) is 5.41 Å². The zero-order valence-electron chi connectivity index (χ0n) is 9.14. The van der Waals surface area contributed by atoms with Gasteiger partial charge in [-0.2, -0.15) is 0 Å². The second-order valence-electron chi connectivity index (χ2n) is 4.79. The van der Waals surface area contributed by atoms with Crippen molar-refractivity contribution >= 4 is 0 Å². The molecule has 0 aromatic heterocycles. The van der Waals surface area contributed by atoms with Crippen LogP contribution in [0.3, 0.4) is 0 Å². The van der Waals surface area contributed by atoms with Crippen molar-refractivity contribution < 1.29 is 0 Å². The van der Waals surface area contributed by atoms with Gasteiger partial charge in [0.2, 0.25) is 0 Å². The minimum atomic E-state index is 0.461. The van der Waals surface area contributed by atoms with Crippen LogP contribution in [0.5, 0.6) is 0 Å². The highest BCUT2D eigenvalue weighted by Crippen LogP contribution is 2.34. The van der Waals surface area contributed by atoms with E-state index in [0.29, 0.717) is 5.41 Å². The molecule has 76 valence electrons. The Kier molecular flexibility index (Phi) is 2.60. The summed E-state index contributed by atoms with van der Waals surface area (Å²) >= 11 is 0. The first kappa shape index (κ1) is 9.72. The van der Waals surface area contributed by atoms with E-state index in [1.165, 1.54) is 19.3 Å². The summed E-state index contributed by atoms with van der Waals surface area (Å²) < 4.78 is 0. The molecule has 1 aromatic rings. The monoisotopic (exact) mass is 189 g/mol. The van der Waals surface area contributed by atoms with Crippen molar-refractivity contribution in [1.29, 1.82) is 0 Å². The van der Waals surface area contributed by atoms with Gasteiger partial charge in [-0.3, -0.25) is 0 Å². The summed E-state index contributed by atoms with van der Waals surface area (Å²) in [4.78, 5) is 0. The molecule has 1 aliphatic carbocycles. The smallest absolute Gasteiger partial charge is 0.000546 e. The molecule has 0 bridgehead atoms. The second-order valence-corrected chi connectivity index (χ2v) is 4.79. The average molecular weight is 189 g/mol. The number of rotatable bonds is 2. The quantitative estimate of drug-likeness (QED) is 0.753. The van der Waals surface area contributed by atoms with E-state index in [-0.39, 0.29) is 0 Å². The number of fused-ring (bicyclic) bond motifs is 1. The normalized spacial score (nSPS) is 25.9. The summed E-state index contributed by atoms with van der Waals surface area (Å²) in [6, 6.07) is 8.86. The second kappa shape index (κ2) is 3.74. The standard InChI is InChI=1S/C13H19N/c1-13(10-14-2)8-7-11-5-3-4-6-12(11)9-13/h3-6,14H,7-10H2,1-2H3. The lowest BCUT2D eigenvalue weighted by Gasteiger charge is -2.34. The number of nitrogens with one attached hydrogen (secondary N) is 1. The number of aryl methyl sites for hydroxylation is 1. The van der Waals surface area contributed by atoms with Crippen molar-refractivity contribution in [3.05, 3.63) is 35.4 Å². The van der Waals surface area contributed by atoms with Crippen molar-refractivity contribution in [2.45, 2.75) is 26.2 Å². The van der Waals surface area contributed by atoms with Gasteiger partial charge in [-0.15, -0.1) is 0 Å². The number of hydrogen-bond donors (Lipinski definition) is 1. The van der Waals surface area contributed by atoms with Gasteiger partial charge in [0.05, 0.1) is 0 Å². The van der Waals surface area contributed by atoms with Crippen LogP contribution in [0.2, 0.25) is 0 Å². The zero-order valence-corrected chi connectivity index (χ0v) is 9.14. The van der Waals surface area contributed by atoms with Gasteiger partial charge < -0.3 is 5.32 Å². The highest BCUT2D eigenvalue weighted by molar-refractivity contribution is 5.30. The molecule has 0 aliphatic heterocycles.